The second-order valence-electron chi connectivity index (χ2n) is 10.3. The summed E-state index contributed by atoms with van der Waals surface area (Å²) in [6, 6.07) is 13.4. The molecule has 2 aromatic carbocycles. The minimum atomic E-state index is -0.930. The quantitative estimate of drug-likeness (QED) is 0.347. The molecule has 4 aliphatic carbocycles. The van der Waals surface area contributed by atoms with Crippen molar-refractivity contribution < 1.29 is 24.1 Å². The van der Waals surface area contributed by atoms with Gasteiger partial charge in [0.2, 0.25) is 0 Å². The molecule has 4 fully saturated rings. The van der Waals surface area contributed by atoms with E-state index in [9.17, 15) is 9.90 Å². The van der Waals surface area contributed by atoms with E-state index in [0.29, 0.717) is 12.2 Å². The van der Waals surface area contributed by atoms with Crippen LogP contribution in [0.3, 0.4) is 0 Å². The maximum Gasteiger partial charge on any atom is 0.336 e. The molecule has 1 N–H and O–H groups in total. The summed E-state index contributed by atoms with van der Waals surface area (Å²) in [4.78, 5) is 11.6. The maximum absolute atomic E-state index is 11.6. The zero-order valence-electron chi connectivity index (χ0n) is 20.0. The van der Waals surface area contributed by atoms with Crippen molar-refractivity contribution in [3.63, 3.8) is 0 Å². The van der Waals surface area contributed by atoms with Crippen LogP contribution < -0.4 is 4.74 Å². The van der Waals surface area contributed by atoms with Crippen LogP contribution in [-0.4, -0.2) is 31.3 Å². The largest absolute Gasteiger partial charge is 0.478 e. The van der Waals surface area contributed by atoms with Crippen molar-refractivity contribution in [3.05, 3.63) is 64.7 Å². The van der Waals surface area contributed by atoms with Crippen LogP contribution in [0.2, 0.25) is 0 Å². The number of benzene rings is 2. The van der Waals surface area contributed by atoms with E-state index in [1.165, 1.54) is 44.1 Å². The number of carboxylic acids is 1. The fourth-order valence-electron chi connectivity index (χ4n) is 7.03. The lowest BCUT2D eigenvalue weighted by atomic mass is 9.48. The number of carboxylic acid groups (broad SMARTS) is 1. The Morgan fingerprint density at radius 1 is 1.06 bits per heavy atom. The Labute approximate surface area is 201 Å². The lowest BCUT2D eigenvalue weighted by Gasteiger charge is -2.57. The molecular formula is C29H34O5. The van der Waals surface area contributed by atoms with E-state index in [2.05, 4.69) is 18.2 Å². The number of carbonyl (C=O) groups is 1. The van der Waals surface area contributed by atoms with Crippen LogP contribution in [0.4, 0.5) is 0 Å². The van der Waals surface area contributed by atoms with E-state index >= 15 is 0 Å². The van der Waals surface area contributed by atoms with E-state index in [1.54, 1.807) is 19.2 Å². The Balaban J connectivity index is 1.50. The number of aromatic carboxylic acids is 1. The van der Waals surface area contributed by atoms with E-state index < -0.39 is 12.4 Å². The van der Waals surface area contributed by atoms with Crippen LogP contribution in [0.25, 0.3) is 12.2 Å². The molecule has 1 atom stereocenters. The third kappa shape index (κ3) is 4.51. The van der Waals surface area contributed by atoms with Crippen LogP contribution in [0.1, 0.15) is 72.5 Å². The molecule has 0 radical (unpaired) electrons. The van der Waals surface area contributed by atoms with Crippen LogP contribution >= 0.6 is 0 Å². The van der Waals surface area contributed by atoms with Gasteiger partial charge in [-0.3, -0.25) is 0 Å². The first-order chi connectivity index (χ1) is 16.5. The summed E-state index contributed by atoms with van der Waals surface area (Å²) in [6.45, 7) is 1.66. The highest BCUT2D eigenvalue weighted by molar-refractivity contribution is 5.93. The Kier molecular flexibility index (Phi) is 6.50. The summed E-state index contributed by atoms with van der Waals surface area (Å²) in [5.74, 6) is 2.38. The monoisotopic (exact) mass is 462 g/mol. The van der Waals surface area contributed by atoms with Gasteiger partial charge in [0.25, 0.3) is 0 Å². The van der Waals surface area contributed by atoms with Gasteiger partial charge >= 0.3 is 12.4 Å². The van der Waals surface area contributed by atoms with Gasteiger partial charge < -0.3 is 19.3 Å². The molecule has 0 saturated heterocycles. The van der Waals surface area contributed by atoms with Crippen molar-refractivity contribution in [1.29, 1.82) is 0 Å². The predicted octanol–water partition coefficient (Wildman–Crippen LogP) is 6.37. The van der Waals surface area contributed by atoms with Gasteiger partial charge in [0.15, 0.2) is 0 Å². The van der Waals surface area contributed by atoms with Crippen molar-refractivity contribution in [2.24, 2.45) is 17.8 Å². The van der Waals surface area contributed by atoms with Crippen LogP contribution in [0, 0.1) is 17.8 Å². The molecule has 180 valence electrons. The summed E-state index contributed by atoms with van der Waals surface area (Å²) in [7, 11) is 1.59. The van der Waals surface area contributed by atoms with E-state index in [1.807, 2.05) is 31.2 Å². The second kappa shape index (κ2) is 9.55. The molecule has 2 aromatic rings. The van der Waals surface area contributed by atoms with E-state index in [4.69, 9.17) is 14.2 Å². The lowest BCUT2D eigenvalue weighted by Crippen LogP contribution is -2.48. The second-order valence-corrected chi connectivity index (χ2v) is 10.3. The molecule has 0 aromatic heterocycles. The van der Waals surface area contributed by atoms with Gasteiger partial charge in [-0.1, -0.05) is 42.5 Å². The highest BCUT2D eigenvalue weighted by atomic mass is 16.8. The van der Waals surface area contributed by atoms with Gasteiger partial charge in [-0.05, 0) is 91.9 Å². The smallest absolute Gasteiger partial charge is 0.336 e. The number of hydrogen-bond acceptors (Lipinski definition) is 4. The number of methoxy groups -OCH3 is 1. The van der Waals surface area contributed by atoms with Crippen LogP contribution in [0.5, 0.6) is 5.75 Å². The highest BCUT2D eigenvalue weighted by Crippen LogP contribution is 2.62. The van der Waals surface area contributed by atoms with Crippen LogP contribution in [0.15, 0.2) is 42.5 Å². The molecule has 0 heterocycles. The first-order valence-corrected chi connectivity index (χ1v) is 12.5. The Morgan fingerprint density at radius 2 is 1.74 bits per heavy atom. The zero-order chi connectivity index (χ0) is 23.7. The molecule has 5 heteroatoms. The minimum absolute atomic E-state index is 0.173. The molecular weight excluding hydrogens is 428 g/mol. The Morgan fingerprint density at radius 3 is 2.35 bits per heavy atom. The molecule has 0 spiro atoms. The SMILES string of the molecule is CCOC(OC)Oc1cc(C=Cc2ccccc2C(=O)O)ccc1C12CC3CC(CC(C3)C1)C2. The molecule has 4 aliphatic rings. The fraction of sp³-hybridized carbons (Fsp3) is 0.483. The summed E-state index contributed by atoms with van der Waals surface area (Å²) < 4.78 is 17.4. The molecule has 4 saturated carbocycles. The summed E-state index contributed by atoms with van der Waals surface area (Å²) in [6.07, 6.45) is 11.7. The van der Waals surface area contributed by atoms with Crippen LogP contribution in [-0.2, 0) is 14.9 Å². The highest BCUT2D eigenvalue weighted by Gasteiger charge is 2.52. The lowest BCUT2D eigenvalue weighted by molar-refractivity contribution is -0.231. The van der Waals surface area contributed by atoms with Crippen molar-refractivity contribution >= 4 is 18.1 Å². The van der Waals surface area contributed by atoms with Gasteiger partial charge in [-0.25, -0.2) is 4.79 Å². The number of ether oxygens (including phenoxy) is 3. The summed E-state index contributed by atoms with van der Waals surface area (Å²) in [5.41, 5.74) is 3.36. The van der Waals surface area contributed by atoms with Gasteiger partial charge in [-0.15, -0.1) is 0 Å². The average Bonchev–Trinajstić information content (AvgIpc) is 2.81. The topological polar surface area (TPSA) is 65.0 Å². The number of rotatable bonds is 9. The molecule has 5 nitrogen and oxygen atoms in total. The van der Waals surface area contributed by atoms with Crippen molar-refractivity contribution in [1.82, 2.24) is 0 Å². The Bertz CT molecular complexity index is 1040. The maximum atomic E-state index is 11.6. The van der Waals surface area contributed by atoms with E-state index in [0.717, 1.165) is 29.1 Å². The molecule has 0 aliphatic heterocycles. The van der Waals surface area contributed by atoms with E-state index in [-0.39, 0.29) is 11.0 Å². The predicted molar refractivity (Wildman–Crippen MR) is 132 cm³/mol. The first-order valence-electron chi connectivity index (χ1n) is 12.5. The molecule has 6 rings (SSSR count). The van der Waals surface area contributed by atoms with Gasteiger partial charge in [0.1, 0.15) is 5.75 Å². The average molecular weight is 463 g/mol. The fourth-order valence-corrected chi connectivity index (χ4v) is 7.03. The normalized spacial score (nSPS) is 28.4. The summed E-state index contributed by atoms with van der Waals surface area (Å²) >= 11 is 0. The third-order valence-corrected chi connectivity index (χ3v) is 7.98. The Hall–Kier alpha value is -2.63. The molecule has 4 bridgehead atoms. The standard InChI is InChI=1S/C29H34O5/c1-3-33-28(32-2)34-26-15-19(8-10-23-6-4-5-7-24(23)27(30)31)9-11-25(26)29-16-20-12-21(17-29)14-22(13-20)18-29/h4-11,15,20-22,28H,3,12-14,16-18H2,1-2H3,(H,30,31). The zero-order valence-corrected chi connectivity index (χ0v) is 20.0. The van der Waals surface area contributed by atoms with Crippen molar-refractivity contribution in [3.8, 4) is 5.75 Å². The summed E-state index contributed by atoms with van der Waals surface area (Å²) in [5, 5.41) is 9.49. The van der Waals surface area contributed by atoms with Gasteiger partial charge in [0, 0.05) is 12.7 Å². The van der Waals surface area contributed by atoms with Gasteiger partial charge in [-0.2, -0.15) is 0 Å². The van der Waals surface area contributed by atoms with Crippen molar-refractivity contribution in [2.75, 3.05) is 13.7 Å². The molecule has 1 unspecified atom stereocenters. The molecule has 0 amide bonds. The van der Waals surface area contributed by atoms with Gasteiger partial charge in [0.05, 0.1) is 12.2 Å². The third-order valence-electron chi connectivity index (χ3n) is 7.98. The van der Waals surface area contributed by atoms with Crippen molar-refractivity contribution in [2.45, 2.75) is 57.3 Å². The number of hydrogen-bond donors (Lipinski definition) is 1. The first kappa shape index (κ1) is 23.1. The molecule has 34 heavy (non-hydrogen) atoms. The minimum Gasteiger partial charge on any atom is -0.478 e.